The Morgan fingerprint density at radius 3 is 3.00 bits per heavy atom. The van der Waals surface area contributed by atoms with Crippen molar-refractivity contribution in [3.63, 3.8) is 0 Å². The highest BCUT2D eigenvalue weighted by atomic mass is 32.2. The number of aromatic nitrogens is 1. The molecule has 0 saturated heterocycles. The van der Waals surface area contributed by atoms with Crippen LogP contribution in [0.15, 0.2) is 18.5 Å². The van der Waals surface area contributed by atoms with Crippen LogP contribution in [0, 0.1) is 10.1 Å². The number of anilines is 1. The fraction of sp³-hybridized carbons (Fsp3) is 0.444. The summed E-state index contributed by atoms with van der Waals surface area (Å²) in [4.78, 5) is 13.8. The van der Waals surface area contributed by atoms with Crippen molar-refractivity contribution in [2.24, 2.45) is 0 Å². The summed E-state index contributed by atoms with van der Waals surface area (Å²) in [6.45, 7) is 2.29. The quantitative estimate of drug-likeness (QED) is 0.598. The molecule has 0 aliphatic carbocycles. The average molecular weight is 243 g/mol. The summed E-state index contributed by atoms with van der Waals surface area (Å²) >= 11 is 0. The maximum Gasteiger partial charge on any atom is 0.310 e. The lowest BCUT2D eigenvalue weighted by Crippen LogP contribution is -2.12. The average Bonchev–Trinajstić information content (AvgIpc) is 2.29. The van der Waals surface area contributed by atoms with Crippen LogP contribution in [0.4, 0.5) is 11.4 Å². The first kappa shape index (κ1) is 12.6. The van der Waals surface area contributed by atoms with E-state index < -0.39 is 15.7 Å². The van der Waals surface area contributed by atoms with E-state index in [0.29, 0.717) is 23.7 Å². The van der Waals surface area contributed by atoms with E-state index in [0.717, 1.165) is 0 Å². The third-order valence-corrected chi connectivity index (χ3v) is 3.27. The van der Waals surface area contributed by atoms with Crippen molar-refractivity contribution in [3.8, 4) is 0 Å². The smallest absolute Gasteiger partial charge is 0.310 e. The monoisotopic (exact) mass is 243 g/mol. The van der Waals surface area contributed by atoms with Crippen LogP contribution >= 0.6 is 0 Å². The molecule has 1 unspecified atom stereocenters. The standard InChI is InChI=1S/C9H13N3O3S/c1-2-16(15)6-5-11-8-3-4-10-7-9(8)12(13)14/h3-4,7H,2,5-6H2,1H3,(H,10,11). The van der Waals surface area contributed by atoms with E-state index in [4.69, 9.17) is 0 Å². The Morgan fingerprint density at radius 1 is 1.62 bits per heavy atom. The topological polar surface area (TPSA) is 85.1 Å². The molecule has 1 N–H and O–H groups in total. The van der Waals surface area contributed by atoms with E-state index in [-0.39, 0.29) is 5.69 Å². The lowest BCUT2D eigenvalue weighted by atomic mass is 10.3. The summed E-state index contributed by atoms with van der Waals surface area (Å²) in [5.41, 5.74) is 0.345. The number of hydrogen-bond donors (Lipinski definition) is 1. The van der Waals surface area contributed by atoms with Crippen molar-refractivity contribution in [2.75, 3.05) is 23.4 Å². The Hall–Kier alpha value is -1.50. The molecule has 0 radical (unpaired) electrons. The van der Waals surface area contributed by atoms with Crippen LogP contribution in [0.1, 0.15) is 6.92 Å². The maximum absolute atomic E-state index is 11.1. The minimum atomic E-state index is -0.866. The van der Waals surface area contributed by atoms with Crippen LogP contribution < -0.4 is 5.32 Å². The van der Waals surface area contributed by atoms with E-state index in [1.807, 2.05) is 6.92 Å². The summed E-state index contributed by atoms with van der Waals surface area (Å²) < 4.78 is 11.1. The molecule has 0 aliphatic heterocycles. The van der Waals surface area contributed by atoms with Gasteiger partial charge in [0, 0.05) is 35.0 Å². The van der Waals surface area contributed by atoms with E-state index in [9.17, 15) is 14.3 Å². The van der Waals surface area contributed by atoms with Crippen LogP contribution in [0.5, 0.6) is 0 Å². The van der Waals surface area contributed by atoms with Crippen molar-refractivity contribution in [2.45, 2.75) is 6.92 Å². The van der Waals surface area contributed by atoms with Crippen LogP contribution in [-0.4, -0.2) is 32.2 Å². The number of nitrogens with zero attached hydrogens (tertiary/aromatic N) is 2. The molecule has 0 spiro atoms. The molecule has 6 nitrogen and oxygen atoms in total. The van der Waals surface area contributed by atoms with Gasteiger partial charge in [-0.15, -0.1) is 0 Å². The molecule has 16 heavy (non-hydrogen) atoms. The molecule has 1 heterocycles. The van der Waals surface area contributed by atoms with E-state index in [2.05, 4.69) is 10.3 Å². The summed E-state index contributed by atoms with van der Waals surface area (Å²) in [6, 6.07) is 1.53. The van der Waals surface area contributed by atoms with E-state index in [1.165, 1.54) is 18.5 Å². The highest BCUT2D eigenvalue weighted by Gasteiger charge is 2.12. The SMILES string of the molecule is CCS(=O)CCNc1ccncc1[N+](=O)[O-]. The first-order valence-electron chi connectivity index (χ1n) is 4.82. The second-order valence-corrected chi connectivity index (χ2v) is 4.87. The third kappa shape index (κ3) is 3.58. The fourth-order valence-corrected chi connectivity index (χ4v) is 1.74. The molecule has 1 aromatic heterocycles. The lowest BCUT2D eigenvalue weighted by Gasteiger charge is -2.05. The van der Waals surface area contributed by atoms with Gasteiger partial charge in [0.15, 0.2) is 0 Å². The number of nitrogens with one attached hydrogen (secondary N) is 1. The molecule has 1 rings (SSSR count). The van der Waals surface area contributed by atoms with Crippen molar-refractivity contribution >= 4 is 22.2 Å². The number of pyridine rings is 1. The molecule has 88 valence electrons. The van der Waals surface area contributed by atoms with Crippen LogP contribution in [-0.2, 0) is 10.8 Å². The zero-order valence-electron chi connectivity index (χ0n) is 8.88. The second-order valence-electron chi connectivity index (χ2n) is 3.01. The molecular formula is C9H13N3O3S. The van der Waals surface area contributed by atoms with Gasteiger partial charge in [-0.1, -0.05) is 6.92 Å². The van der Waals surface area contributed by atoms with E-state index >= 15 is 0 Å². The number of hydrogen-bond acceptors (Lipinski definition) is 5. The molecule has 0 aromatic carbocycles. The molecule has 1 atom stereocenters. The normalized spacial score (nSPS) is 12.1. The first-order valence-corrected chi connectivity index (χ1v) is 6.31. The zero-order valence-corrected chi connectivity index (χ0v) is 9.70. The third-order valence-electron chi connectivity index (χ3n) is 1.96. The minimum absolute atomic E-state index is 0.0650. The molecule has 7 heteroatoms. The highest BCUT2D eigenvalue weighted by Crippen LogP contribution is 2.21. The van der Waals surface area contributed by atoms with Crippen molar-refractivity contribution < 1.29 is 9.13 Å². The molecule has 0 fully saturated rings. The Balaban J connectivity index is 2.60. The van der Waals surface area contributed by atoms with Gasteiger partial charge in [0.1, 0.15) is 11.9 Å². The fourth-order valence-electron chi connectivity index (χ4n) is 1.12. The summed E-state index contributed by atoms with van der Waals surface area (Å²) in [5, 5.41) is 13.5. The van der Waals surface area contributed by atoms with E-state index in [1.54, 1.807) is 0 Å². The molecule has 0 saturated carbocycles. The predicted molar refractivity (Wildman–Crippen MR) is 62.9 cm³/mol. The zero-order chi connectivity index (χ0) is 12.0. The molecule has 1 aromatic rings. The van der Waals surface area contributed by atoms with Crippen LogP contribution in [0.2, 0.25) is 0 Å². The maximum atomic E-state index is 11.1. The van der Waals surface area contributed by atoms with Crippen LogP contribution in [0.25, 0.3) is 0 Å². The molecule has 0 bridgehead atoms. The van der Waals surface area contributed by atoms with Gasteiger partial charge in [-0.3, -0.25) is 19.3 Å². The van der Waals surface area contributed by atoms with Gasteiger partial charge >= 0.3 is 5.69 Å². The summed E-state index contributed by atoms with van der Waals surface area (Å²) in [7, 11) is -0.866. The number of rotatable bonds is 6. The largest absolute Gasteiger partial charge is 0.378 e. The predicted octanol–water partition coefficient (Wildman–Crippen LogP) is 1.17. The Kier molecular flexibility index (Phi) is 4.84. The highest BCUT2D eigenvalue weighted by molar-refractivity contribution is 7.84. The van der Waals surface area contributed by atoms with Gasteiger partial charge in [0.2, 0.25) is 0 Å². The first-order chi connectivity index (χ1) is 7.65. The van der Waals surface area contributed by atoms with Crippen molar-refractivity contribution in [3.05, 3.63) is 28.6 Å². The molecule has 0 aliphatic rings. The Morgan fingerprint density at radius 2 is 2.38 bits per heavy atom. The van der Waals surface area contributed by atoms with Gasteiger partial charge in [0.25, 0.3) is 0 Å². The molecule has 0 amide bonds. The van der Waals surface area contributed by atoms with Gasteiger partial charge in [-0.25, -0.2) is 0 Å². The van der Waals surface area contributed by atoms with Gasteiger partial charge in [0.05, 0.1) is 4.92 Å². The van der Waals surface area contributed by atoms with Gasteiger partial charge in [-0.05, 0) is 6.07 Å². The summed E-state index contributed by atoms with van der Waals surface area (Å²) in [6.07, 6.45) is 2.67. The van der Waals surface area contributed by atoms with Gasteiger partial charge in [-0.2, -0.15) is 0 Å². The molecular weight excluding hydrogens is 230 g/mol. The summed E-state index contributed by atoms with van der Waals surface area (Å²) in [5.74, 6) is 1.08. The van der Waals surface area contributed by atoms with Crippen LogP contribution in [0.3, 0.4) is 0 Å². The minimum Gasteiger partial charge on any atom is -0.378 e. The van der Waals surface area contributed by atoms with Gasteiger partial charge < -0.3 is 5.32 Å². The Bertz CT molecular complexity index is 397. The second kappa shape index (κ2) is 6.16. The Labute approximate surface area is 95.7 Å². The van der Waals surface area contributed by atoms with Crippen molar-refractivity contribution in [1.29, 1.82) is 0 Å². The van der Waals surface area contributed by atoms with Crippen molar-refractivity contribution in [1.82, 2.24) is 4.98 Å². The lowest BCUT2D eigenvalue weighted by molar-refractivity contribution is -0.384. The number of nitro groups is 1.